The third-order valence-corrected chi connectivity index (χ3v) is 5.94. The van der Waals surface area contributed by atoms with E-state index in [1.807, 2.05) is 24.3 Å². The number of amides is 1. The zero-order valence-corrected chi connectivity index (χ0v) is 17.0. The Hall–Kier alpha value is -3.28. The zero-order chi connectivity index (χ0) is 21.1. The molecular weight excluding hydrogens is 378 g/mol. The maximum absolute atomic E-state index is 12.7. The predicted octanol–water partition coefficient (Wildman–Crippen LogP) is 4.04. The number of aromatic nitrogens is 2. The molecule has 4 rings (SSSR count). The Kier molecular flexibility index (Phi) is 5.74. The molecule has 6 nitrogen and oxygen atoms in total. The van der Waals surface area contributed by atoms with Crippen molar-refractivity contribution in [1.29, 1.82) is 0 Å². The van der Waals surface area contributed by atoms with Crippen LogP contribution in [0.5, 0.6) is 0 Å². The number of ketones is 1. The second-order valence-electron chi connectivity index (χ2n) is 8.06. The molecule has 3 aromatic rings. The molecule has 0 spiro atoms. The van der Waals surface area contributed by atoms with Crippen LogP contribution in [-0.2, 0) is 11.3 Å². The smallest absolute Gasteiger partial charge is 0.261 e. The molecule has 0 radical (unpaired) electrons. The van der Waals surface area contributed by atoms with E-state index in [0.29, 0.717) is 34.6 Å². The van der Waals surface area contributed by atoms with Gasteiger partial charge in [-0.25, -0.2) is 4.98 Å². The fraction of sp³-hybridized carbons (Fsp3) is 0.333. The summed E-state index contributed by atoms with van der Waals surface area (Å²) in [6.07, 6.45) is 5.00. The monoisotopic (exact) mass is 403 g/mol. The summed E-state index contributed by atoms with van der Waals surface area (Å²) in [5.74, 6) is 0.285. The van der Waals surface area contributed by atoms with Gasteiger partial charge in [-0.05, 0) is 62.8 Å². The number of nitrogens with one attached hydrogen (secondary N) is 1. The number of hydrogen-bond donors (Lipinski definition) is 1. The molecule has 0 bridgehead atoms. The van der Waals surface area contributed by atoms with Crippen LogP contribution in [0.2, 0.25) is 0 Å². The number of fused-ring (bicyclic) bond motifs is 1. The average molecular weight is 403 g/mol. The van der Waals surface area contributed by atoms with Gasteiger partial charge >= 0.3 is 0 Å². The molecule has 1 aromatic heterocycles. The highest BCUT2D eigenvalue weighted by molar-refractivity contribution is 5.97. The second kappa shape index (κ2) is 8.61. The van der Waals surface area contributed by atoms with E-state index in [-0.39, 0.29) is 23.2 Å². The number of Topliss-reactive ketones (excluding diaryl/α,β-unsaturated/α-hetero) is 1. The third kappa shape index (κ3) is 4.32. The maximum atomic E-state index is 12.7. The molecule has 1 amide bonds. The van der Waals surface area contributed by atoms with Gasteiger partial charge in [0, 0.05) is 23.7 Å². The fourth-order valence-corrected chi connectivity index (χ4v) is 4.18. The number of nitrogens with zero attached hydrogens (tertiary/aromatic N) is 2. The van der Waals surface area contributed by atoms with Crippen molar-refractivity contribution in [1.82, 2.24) is 9.55 Å². The average Bonchev–Trinajstić information content (AvgIpc) is 2.76. The maximum Gasteiger partial charge on any atom is 0.261 e. The third-order valence-electron chi connectivity index (χ3n) is 5.94. The van der Waals surface area contributed by atoms with Crippen LogP contribution in [0.25, 0.3) is 10.9 Å². The number of carbonyl (C=O) groups is 2. The van der Waals surface area contributed by atoms with Gasteiger partial charge in [-0.1, -0.05) is 24.3 Å². The van der Waals surface area contributed by atoms with Crippen LogP contribution in [-0.4, -0.2) is 21.2 Å². The van der Waals surface area contributed by atoms with Gasteiger partial charge in [0.25, 0.3) is 5.56 Å². The van der Waals surface area contributed by atoms with Crippen LogP contribution in [0, 0.1) is 11.8 Å². The van der Waals surface area contributed by atoms with Crippen LogP contribution in [0.15, 0.2) is 59.7 Å². The van der Waals surface area contributed by atoms with Crippen LogP contribution in [0.4, 0.5) is 5.69 Å². The first-order valence-electron chi connectivity index (χ1n) is 10.4. The first kappa shape index (κ1) is 20.0. The number of rotatable bonds is 5. The molecule has 1 heterocycles. The quantitative estimate of drug-likeness (QED) is 0.652. The van der Waals surface area contributed by atoms with Gasteiger partial charge in [-0.3, -0.25) is 19.0 Å². The molecule has 1 aliphatic rings. The summed E-state index contributed by atoms with van der Waals surface area (Å²) in [6.45, 7) is 2.14. The molecule has 1 saturated carbocycles. The highest BCUT2D eigenvalue weighted by Crippen LogP contribution is 2.30. The SMILES string of the molecule is CC(=O)c1cccc(NC(=O)C2CCC(Cn3cnc4ccccc4c3=O)CC2)c1. The van der Waals surface area contributed by atoms with E-state index in [1.54, 1.807) is 35.2 Å². The van der Waals surface area contributed by atoms with Crippen molar-refractivity contribution in [3.05, 3.63) is 70.8 Å². The van der Waals surface area contributed by atoms with Gasteiger partial charge in [0.1, 0.15) is 0 Å². The summed E-state index contributed by atoms with van der Waals surface area (Å²) in [6, 6.07) is 14.4. The number of para-hydroxylation sites is 1. The summed E-state index contributed by atoms with van der Waals surface area (Å²) in [7, 11) is 0. The van der Waals surface area contributed by atoms with Gasteiger partial charge in [-0.2, -0.15) is 0 Å². The minimum absolute atomic E-state index is 0.00121. The minimum Gasteiger partial charge on any atom is -0.326 e. The zero-order valence-electron chi connectivity index (χ0n) is 17.0. The first-order valence-corrected chi connectivity index (χ1v) is 10.4. The lowest BCUT2D eigenvalue weighted by atomic mass is 9.81. The van der Waals surface area contributed by atoms with Crippen molar-refractivity contribution in [3.8, 4) is 0 Å². The lowest BCUT2D eigenvalue weighted by Crippen LogP contribution is -2.30. The van der Waals surface area contributed by atoms with Crippen LogP contribution >= 0.6 is 0 Å². The molecule has 1 N–H and O–H groups in total. The molecule has 1 aliphatic carbocycles. The summed E-state index contributed by atoms with van der Waals surface area (Å²) >= 11 is 0. The van der Waals surface area contributed by atoms with Crippen LogP contribution < -0.4 is 10.9 Å². The van der Waals surface area contributed by atoms with Crippen molar-refractivity contribution in [3.63, 3.8) is 0 Å². The van der Waals surface area contributed by atoms with Crippen molar-refractivity contribution < 1.29 is 9.59 Å². The second-order valence-corrected chi connectivity index (χ2v) is 8.06. The minimum atomic E-state index is -0.0475. The van der Waals surface area contributed by atoms with E-state index in [1.165, 1.54) is 6.92 Å². The summed E-state index contributed by atoms with van der Waals surface area (Å²) in [5.41, 5.74) is 1.95. The fourth-order valence-electron chi connectivity index (χ4n) is 4.18. The van der Waals surface area contributed by atoms with Gasteiger partial charge in [0.15, 0.2) is 5.78 Å². The molecule has 6 heteroatoms. The highest BCUT2D eigenvalue weighted by Gasteiger charge is 2.27. The Morgan fingerprint density at radius 1 is 1.07 bits per heavy atom. The molecule has 1 fully saturated rings. The molecule has 2 aromatic carbocycles. The Morgan fingerprint density at radius 3 is 2.60 bits per heavy atom. The Bertz CT molecular complexity index is 1140. The van der Waals surface area contributed by atoms with Gasteiger partial charge < -0.3 is 5.32 Å². The van der Waals surface area contributed by atoms with Crippen LogP contribution in [0.3, 0.4) is 0 Å². The molecular formula is C24H25N3O3. The lowest BCUT2D eigenvalue weighted by molar-refractivity contribution is -0.121. The van der Waals surface area contributed by atoms with E-state index in [9.17, 15) is 14.4 Å². The number of carbonyl (C=O) groups excluding carboxylic acids is 2. The molecule has 0 aliphatic heterocycles. The van der Waals surface area contributed by atoms with E-state index < -0.39 is 0 Å². The van der Waals surface area contributed by atoms with Crippen molar-refractivity contribution in [2.24, 2.45) is 11.8 Å². The van der Waals surface area contributed by atoms with Crippen molar-refractivity contribution in [2.75, 3.05) is 5.32 Å². The molecule has 154 valence electrons. The number of benzene rings is 2. The Morgan fingerprint density at radius 2 is 1.83 bits per heavy atom. The molecule has 0 atom stereocenters. The number of anilines is 1. The first-order chi connectivity index (χ1) is 14.5. The topological polar surface area (TPSA) is 81.1 Å². The van der Waals surface area contributed by atoms with Gasteiger partial charge in [0.2, 0.25) is 5.91 Å². The highest BCUT2D eigenvalue weighted by atomic mass is 16.2. The van der Waals surface area contributed by atoms with Crippen LogP contribution in [0.1, 0.15) is 43.0 Å². The normalized spacial score (nSPS) is 18.8. The van der Waals surface area contributed by atoms with E-state index >= 15 is 0 Å². The summed E-state index contributed by atoms with van der Waals surface area (Å²) in [4.78, 5) is 41.3. The molecule has 0 unspecified atom stereocenters. The largest absolute Gasteiger partial charge is 0.326 e. The van der Waals surface area contributed by atoms with E-state index in [2.05, 4.69) is 10.3 Å². The Labute approximate surface area is 174 Å². The predicted molar refractivity (Wildman–Crippen MR) is 117 cm³/mol. The van der Waals surface area contributed by atoms with E-state index in [0.717, 1.165) is 25.7 Å². The lowest BCUT2D eigenvalue weighted by Gasteiger charge is -2.28. The Balaban J connectivity index is 1.35. The summed E-state index contributed by atoms with van der Waals surface area (Å²) in [5, 5.41) is 3.58. The standard InChI is InChI=1S/C24H25N3O3/c1-16(28)19-5-4-6-20(13-19)26-23(29)18-11-9-17(10-12-18)14-27-15-25-22-8-3-2-7-21(22)24(27)30/h2-8,13,15,17-18H,9-12,14H2,1H3,(H,26,29). The molecule has 30 heavy (non-hydrogen) atoms. The van der Waals surface area contributed by atoms with Crippen molar-refractivity contribution in [2.45, 2.75) is 39.2 Å². The summed E-state index contributed by atoms with van der Waals surface area (Å²) < 4.78 is 1.70. The number of hydrogen-bond acceptors (Lipinski definition) is 4. The van der Waals surface area contributed by atoms with Crippen molar-refractivity contribution >= 4 is 28.3 Å². The van der Waals surface area contributed by atoms with E-state index in [4.69, 9.17) is 0 Å². The van der Waals surface area contributed by atoms with Gasteiger partial charge in [0.05, 0.1) is 17.2 Å². The van der Waals surface area contributed by atoms with Gasteiger partial charge in [-0.15, -0.1) is 0 Å². The molecule has 0 saturated heterocycles.